The second kappa shape index (κ2) is 17.5. The number of carboxylic acid groups (broad SMARTS) is 1. The number of hydrogen-bond acceptors (Lipinski definition) is 9. The van der Waals surface area contributed by atoms with Crippen LogP contribution in [0.25, 0.3) is 11.1 Å². The number of carbonyl (C=O) groups is 3. The molecule has 266 valence electrons. The number of aromatic nitrogens is 1. The molecule has 0 unspecified atom stereocenters. The molecular weight excluding hydrogens is 654 g/mol. The van der Waals surface area contributed by atoms with Crippen LogP contribution in [0.3, 0.4) is 0 Å². The van der Waals surface area contributed by atoms with Crippen LogP contribution in [-0.4, -0.2) is 78.3 Å². The van der Waals surface area contributed by atoms with Gasteiger partial charge >= 0.3 is 5.97 Å². The molecule has 15 heteroatoms. The van der Waals surface area contributed by atoms with Crippen molar-refractivity contribution in [3.05, 3.63) is 77.0 Å². The third kappa shape index (κ3) is 12.6. The number of nitrogens with zero attached hydrogens (tertiary/aromatic N) is 1. The number of hydrogen-bond donors (Lipinski definition) is 7. The first-order valence-corrected chi connectivity index (χ1v) is 17.1. The van der Waals surface area contributed by atoms with Crippen molar-refractivity contribution in [1.29, 1.82) is 5.41 Å². The number of aliphatic hydroxyl groups excluding tert-OH is 1. The number of carbonyl (C=O) groups excluding carboxylic acids is 2. The molecule has 3 aromatic rings. The van der Waals surface area contributed by atoms with Crippen molar-refractivity contribution >= 4 is 39.4 Å². The maximum absolute atomic E-state index is 13.4. The fraction of sp³-hybridized carbons (Fsp3) is 0.382. The molecule has 0 saturated heterocycles. The Labute approximate surface area is 286 Å². The molecule has 49 heavy (non-hydrogen) atoms. The van der Waals surface area contributed by atoms with E-state index in [4.69, 9.17) is 20.4 Å². The zero-order valence-electron chi connectivity index (χ0n) is 28.4. The van der Waals surface area contributed by atoms with Gasteiger partial charge in [0.05, 0.1) is 25.5 Å². The molecule has 0 aliphatic carbocycles. The van der Waals surface area contributed by atoms with E-state index in [-0.39, 0.29) is 52.8 Å². The Morgan fingerprint density at radius 1 is 0.939 bits per heavy atom. The fourth-order valence-electron chi connectivity index (χ4n) is 5.48. The summed E-state index contributed by atoms with van der Waals surface area (Å²) in [7, 11) is -2.27. The Hall–Kier alpha value is -4.86. The van der Waals surface area contributed by atoms with Gasteiger partial charge in [-0.25, -0.2) is 9.78 Å². The van der Waals surface area contributed by atoms with Gasteiger partial charge in [0.15, 0.2) is 0 Å². The van der Waals surface area contributed by atoms with E-state index in [9.17, 15) is 33.0 Å². The Balaban J connectivity index is 0.00000155. The number of nitrogens with one attached hydrogen (secondary N) is 3. The Morgan fingerprint density at radius 3 is 1.94 bits per heavy atom. The van der Waals surface area contributed by atoms with E-state index >= 15 is 0 Å². The number of anilines is 1. The van der Waals surface area contributed by atoms with Crippen molar-refractivity contribution in [3.63, 3.8) is 0 Å². The molecule has 8 N–H and O–H groups in total. The SMILES string of the molecule is COc1ccc(-c2ccc(C(=O)NCC(CO)(CC(C)C)CC(C)C)cc2C(=O)O)c(C(=O)Nc2ccc(C(=N)N)cc2)n1.CS(=O)(=O)O. The number of carboxylic acids is 1. The maximum atomic E-state index is 13.4. The average Bonchev–Trinajstić information content (AvgIpc) is 3.01. The lowest BCUT2D eigenvalue weighted by atomic mass is 9.74. The van der Waals surface area contributed by atoms with E-state index in [0.717, 1.165) is 12.8 Å². The first-order valence-electron chi connectivity index (χ1n) is 15.3. The molecule has 0 aliphatic heterocycles. The van der Waals surface area contributed by atoms with Crippen LogP contribution >= 0.6 is 0 Å². The van der Waals surface area contributed by atoms with Crippen LogP contribution in [0.1, 0.15) is 77.3 Å². The Kier molecular flexibility index (Phi) is 14.4. The predicted molar refractivity (Wildman–Crippen MR) is 187 cm³/mol. The molecule has 14 nitrogen and oxygen atoms in total. The second-order valence-electron chi connectivity index (χ2n) is 12.5. The number of ether oxygens (including phenoxy) is 1. The lowest BCUT2D eigenvalue weighted by Crippen LogP contribution is -2.42. The quantitative estimate of drug-likeness (QED) is 0.0711. The van der Waals surface area contributed by atoms with E-state index in [1.807, 2.05) is 0 Å². The summed E-state index contributed by atoms with van der Waals surface area (Å²) in [6, 6.07) is 13.6. The monoisotopic (exact) mass is 699 g/mol. The summed E-state index contributed by atoms with van der Waals surface area (Å²) in [5.41, 5.74) is 6.16. The third-order valence-electron chi connectivity index (χ3n) is 7.19. The maximum Gasteiger partial charge on any atom is 0.336 e. The summed E-state index contributed by atoms with van der Waals surface area (Å²) in [6.45, 7) is 8.42. The summed E-state index contributed by atoms with van der Waals surface area (Å²) in [6.07, 6.45) is 2.15. The van der Waals surface area contributed by atoms with Crippen LogP contribution in [-0.2, 0) is 10.1 Å². The summed E-state index contributed by atoms with van der Waals surface area (Å²) < 4.78 is 31.1. The van der Waals surface area contributed by atoms with E-state index in [2.05, 4.69) is 43.3 Å². The van der Waals surface area contributed by atoms with Gasteiger partial charge in [-0.3, -0.25) is 19.6 Å². The molecular formula is C34H45N5O9S. The number of methoxy groups -OCH3 is 1. The number of pyridine rings is 1. The topological polar surface area (TPSA) is 242 Å². The van der Waals surface area contributed by atoms with Crippen LogP contribution in [0.2, 0.25) is 0 Å². The standard InChI is InChI=1S/C33H41N5O6.CH4O3S/c1-19(2)15-33(18-39,16-20(3)4)17-36-30(40)22-8-11-24(26(14-22)32(42)43)25-12-13-27(44-5)38-28(25)31(41)37-23-9-6-21(7-10-23)29(34)35;1-5(2,3)4/h6-14,19-20,39H,15-18H2,1-5H3,(H3,34,35)(H,36,40)(H,37,41)(H,42,43);1H3,(H,2,3,4). The molecule has 0 radical (unpaired) electrons. The first-order chi connectivity index (χ1) is 22.8. The van der Waals surface area contributed by atoms with Gasteiger partial charge in [0, 0.05) is 40.4 Å². The zero-order chi connectivity index (χ0) is 37.1. The van der Waals surface area contributed by atoms with Gasteiger partial charge in [0.2, 0.25) is 5.88 Å². The minimum Gasteiger partial charge on any atom is -0.481 e. The van der Waals surface area contributed by atoms with E-state index in [0.29, 0.717) is 29.3 Å². The number of rotatable bonds is 14. The third-order valence-corrected chi connectivity index (χ3v) is 7.19. The minimum absolute atomic E-state index is 0.0842. The highest BCUT2D eigenvalue weighted by atomic mass is 32.2. The lowest BCUT2D eigenvalue weighted by molar-refractivity contribution is 0.0687. The summed E-state index contributed by atoms with van der Waals surface area (Å²) in [5, 5.41) is 33.6. The molecule has 2 amide bonds. The van der Waals surface area contributed by atoms with Gasteiger partial charge in [-0.2, -0.15) is 8.42 Å². The predicted octanol–water partition coefficient (Wildman–Crippen LogP) is 4.30. The van der Waals surface area contributed by atoms with Crippen molar-refractivity contribution in [3.8, 4) is 17.0 Å². The lowest BCUT2D eigenvalue weighted by Gasteiger charge is -2.35. The molecule has 2 aromatic carbocycles. The second-order valence-corrected chi connectivity index (χ2v) is 14.0. The largest absolute Gasteiger partial charge is 0.481 e. The van der Waals surface area contributed by atoms with Gasteiger partial charge in [-0.15, -0.1) is 0 Å². The minimum atomic E-state index is -3.67. The van der Waals surface area contributed by atoms with Crippen molar-refractivity contribution < 1.29 is 42.3 Å². The number of amides is 2. The number of nitrogens with two attached hydrogens (primary N) is 1. The molecule has 1 aromatic heterocycles. The zero-order valence-corrected chi connectivity index (χ0v) is 29.2. The van der Waals surface area contributed by atoms with Crippen LogP contribution in [0, 0.1) is 22.7 Å². The highest BCUT2D eigenvalue weighted by molar-refractivity contribution is 7.85. The van der Waals surface area contributed by atoms with Crippen LogP contribution in [0.5, 0.6) is 5.88 Å². The Bertz CT molecular complexity index is 1740. The molecule has 3 rings (SSSR count). The van der Waals surface area contributed by atoms with Crippen LogP contribution in [0.4, 0.5) is 5.69 Å². The number of amidine groups is 1. The van der Waals surface area contributed by atoms with E-state index in [1.165, 1.54) is 37.4 Å². The normalized spacial score (nSPS) is 11.4. The number of aromatic carboxylic acids is 1. The van der Waals surface area contributed by atoms with Gasteiger partial charge in [-0.1, -0.05) is 33.8 Å². The van der Waals surface area contributed by atoms with Gasteiger partial charge in [0.25, 0.3) is 21.9 Å². The molecule has 0 aliphatic rings. The molecule has 0 atom stereocenters. The van der Waals surface area contributed by atoms with Gasteiger partial charge in [-0.05, 0) is 72.7 Å². The van der Waals surface area contributed by atoms with E-state index < -0.39 is 33.3 Å². The van der Waals surface area contributed by atoms with E-state index in [1.54, 1.807) is 24.3 Å². The smallest absolute Gasteiger partial charge is 0.336 e. The highest BCUT2D eigenvalue weighted by Gasteiger charge is 2.32. The fourth-order valence-corrected chi connectivity index (χ4v) is 5.48. The summed E-state index contributed by atoms with van der Waals surface area (Å²) in [5.74, 6) is -1.74. The van der Waals surface area contributed by atoms with Crippen molar-refractivity contribution in [2.75, 3.05) is 31.8 Å². The number of benzene rings is 2. The summed E-state index contributed by atoms with van der Waals surface area (Å²) in [4.78, 5) is 43.3. The van der Waals surface area contributed by atoms with Crippen LogP contribution < -0.4 is 21.1 Å². The van der Waals surface area contributed by atoms with Crippen molar-refractivity contribution in [2.45, 2.75) is 40.5 Å². The molecule has 0 saturated carbocycles. The number of nitrogen functional groups attached to an aromatic ring is 1. The van der Waals surface area contributed by atoms with Gasteiger partial charge in [0.1, 0.15) is 11.5 Å². The first kappa shape index (κ1) is 40.3. The van der Waals surface area contributed by atoms with Crippen molar-refractivity contribution in [2.24, 2.45) is 23.0 Å². The molecule has 1 heterocycles. The molecule has 0 fully saturated rings. The Morgan fingerprint density at radius 2 is 1.47 bits per heavy atom. The van der Waals surface area contributed by atoms with Crippen LogP contribution in [0.15, 0.2) is 54.6 Å². The molecule has 0 bridgehead atoms. The highest BCUT2D eigenvalue weighted by Crippen LogP contribution is 2.34. The average molecular weight is 700 g/mol. The number of aliphatic hydroxyl groups is 1. The van der Waals surface area contributed by atoms with Crippen molar-refractivity contribution in [1.82, 2.24) is 10.3 Å². The van der Waals surface area contributed by atoms with Gasteiger partial charge < -0.3 is 31.3 Å². The summed E-state index contributed by atoms with van der Waals surface area (Å²) >= 11 is 0. The molecule has 0 spiro atoms.